The predicted molar refractivity (Wildman–Crippen MR) is 107 cm³/mol. The Morgan fingerprint density at radius 1 is 1.04 bits per heavy atom. The van der Waals surface area contributed by atoms with Crippen molar-refractivity contribution < 1.29 is 14.3 Å². The second-order valence-electron chi connectivity index (χ2n) is 7.36. The lowest BCUT2D eigenvalue weighted by molar-refractivity contribution is 0.0751. The minimum atomic E-state index is -0.0720. The summed E-state index contributed by atoms with van der Waals surface area (Å²) in [6.07, 6.45) is 4.03. The van der Waals surface area contributed by atoms with Gasteiger partial charge < -0.3 is 14.5 Å². The molecule has 0 saturated heterocycles. The van der Waals surface area contributed by atoms with Crippen LogP contribution in [0.2, 0.25) is 0 Å². The molecule has 148 valence electrons. The van der Waals surface area contributed by atoms with Gasteiger partial charge in [0.25, 0.3) is 11.8 Å². The molecular formula is C22H27N3O3. The van der Waals surface area contributed by atoms with Gasteiger partial charge in [-0.3, -0.25) is 9.59 Å². The van der Waals surface area contributed by atoms with Crippen molar-refractivity contribution in [3.05, 3.63) is 59.3 Å². The number of nitrogens with zero attached hydrogens (tertiary/aromatic N) is 3. The SMILES string of the molecule is CCN(Cc1ccc(C(=O)N(C)C)cc1)C(=O)c1ccc(OCC2CC2)nc1. The molecule has 3 rings (SSSR count). The first kappa shape index (κ1) is 19.9. The van der Waals surface area contributed by atoms with E-state index < -0.39 is 0 Å². The van der Waals surface area contributed by atoms with Gasteiger partial charge in [0.2, 0.25) is 5.88 Å². The molecule has 0 unspecified atom stereocenters. The van der Waals surface area contributed by atoms with E-state index in [4.69, 9.17) is 4.74 Å². The number of ether oxygens (including phenoxy) is 1. The van der Waals surface area contributed by atoms with Crippen molar-refractivity contribution in [1.82, 2.24) is 14.8 Å². The lowest BCUT2D eigenvalue weighted by Crippen LogP contribution is -2.30. The number of pyridine rings is 1. The summed E-state index contributed by atoms with van der Waals surface area (Å²) in [6, 6.07) is 10.9. The Labute approximate surface area is 166 Å². The molecule has 2 amide bonds. The van der Waals surface area contributed by atoms with E-state index in [9.17, 15) is 9.59 Å². The Kier molecular flexibility index (Phi) is 6.29. The van der Waals surface area contributed by atoms with Gasteiger partial charge in [-0.25, -0.2) is 4.98 Å². The van der Waals surface area contributed by atoms with E-state index in [1.54, 1.807) is 54.4 Å². The molecule has 0 spiro atoms. The van der Waals surface area contributed by atoms with E-state index >= 15 is 0 Å². The highest BCUT2D eigenvalue weighted by atomic mass is 16.5. The molecule has 2 aromatic rings. The van der Waals surface area contributed by atoms with E-state index in [2.05, 4.69) is 4.98 Å². The highest BCUT2D eigenvalue weighted by Crippen LogP contribution is 2.29. The van der Waals surface area contributed by atoms with Crippen molar-refractivity contribution in [1.29, 1.82) is 0 Å². The minimum Gasteiger partial charge on any atom is -0.477 e. The standard InChI is InChI=1S/C22H27N3O3/c1-4-25(14-16-7-9-18(10-8-16)21(26)24(2)3)22(27)19-11-12-20(23-13-19)28-15-17-5-6-17/h7-13,17H,4-6,14-15H2,1-3H3. The van der Waals surface area contributed by atoms with Crippen LogP contribution in [0.5, 0.6) is 5.88 Å². The van der Waals surface area contributed by atoms with Crippen molar-refractivity contribution in [3.8, 4) is 5.88 Å². The highest BCUT2D eigenvalue weighted by molar-refractivity contribution is 5.94. The zero-order valence-electron chi connectivity index (χ0n) is 16.7. The average molecular weight is 381 g/mol. The number of rotatable bonds is 8. The Morgan fingerprint density at radius 3 is 2.25 bits per heavy atom. The summed E-state index contributed by atoms with van der Waals surface area (Å²) in [5, 5.41) is 0. The van der Waals surface area contributed by atoms with Crippen LogP contribution in [0.15, 0.2) is 42.6 Å². The summed E-state index contributed by atoms with van der Waals surface area (Å²) < 4.78 is 5.63. The van der Waals surface area contributed by atoms with E-state index in [0.717, 1.165) is 5.56 Å². The molecule has 1 fully saturated rings. The lowest BCUT2D eigenvalue weighted by Gasteiger charge is -2.21. The average Bonchev–Trinajstić information content (AvgIpc) is 3.55. The van der Waals surface area contributed by atoms with Crippen LogP contribution in [0, 0.1) is 5.92 Å². The van der Waals surface area contributed by atoms with Gasteiger partial charge in [-0.05, 0) is 49.4 Å². The van der Waals surface area contributed by atoms with Gasteiger partial charge in [0, 0.05) is 45.0 Å². The van der Waals surface area contributed by atoms with Crippen molar-refractivity contribution >= 4 is 11.8 Å². The Balaban J connectivity index is 1.61. The number of benzene rings is 1. The van der Waals surface area contributed by atoms with E-state index in [1.165, 1.54) is 12.8 Å². The molecule has 1 aromatic carbocycles. The maximum Gasteiger partial charge on any atom is 0.255 e. The molecule has 1 aromatic heterocycles. The smallest absolute Gasteiger partial charge is 0.255 e. The molecule has 1 heterocycles. The number of hydrogen-bond donors (Lipinski definition) is 0. The lowest BCUT2D eigenvalue weighted by atomic mass is 10.1. The van der Waals surface area contributed by atoms with Gasteiger partial charge in [-0.2, -0.15) is 0 Å². The first-order valence-electron chi connectivity index (χ1n) is 9.66. The molecular weight excluding hydrogens is 354 g/mol. The fourth-order valence-corrected chi connectivity index (χ4v) is 2.82. The number of amides is 2. The second-order valence-corrected chi connectivity index (χ2v) is 7.36. The van der Waals surface area contributed by atoms with Gasteiger partial charge in [0.05, 0.1) is 12.2 Å². The Bertz CT molecular complexity index is 812. The van der Waals surface area contributed by atoms with Crippen LogP contribution >= 0.6 is 0 Å². The molecule has 0 N–H and O–H groups in total. The zero-order chi connectivity index (χ0) is 20.1. The van der Waals surface area contributed by atoms with Gasteiger partial charge in [0.1, 0.15) is 0 Å². The summed E-state index contributed by atoms with van der Waals surface area (Å²) in [5.74, 6) is 1.12. The number of carbonyl (C=O) groups is 2. The van der Waals surface area contributed by atoms with Crippen LogP contribution in [-0.2, 0) is 6.54 Å². The molecule has 1 aliphatic rings. The van der Waals surface area contributed by atoms with Crippen LogP contribution in [0.3, 0.4) is 0 Å². The van der Waals surface area contributed by atoms with Crippen LogP contribution in [-0.4, -0.2) is 53.8 Å². The van der Waals surface area contributed by atoms with Crippen molar-refractivity contribution in [2.24, 2.45) is 5.92 Å². The normalized spacial score (nSPS) is 13.1. The van der Waals surface area contributed by atoms with Crippen LogP contribution < -0.4 is 4.74 Å². The molecule has 0 radical (unpaired) electrons. The number of carbonyl (C=O) groups excluding carboxylic acids is 2. The monoisotopic (exact) mass is 381 g/mol. The topological polar surface area (TPSA) is 62.7 Å². The minimum absolute atomic E-state index is 0.0370. The summed E-state index contributed by atoms with van der Waals surface area (Å²) in [6.45, 7) is 3.71. The molecule has 1 saturated carbocycles. The van der Waals surface area contributed by atoms with Crippen molar-refractivity contribution in [2.75, 3.05) is 27.2 Å². The van der Waals surface area contributed by atoms with Crippen molar-refractivity contribution in [3.63, 3.8) is 0 Å². The summed E-state index contributed by atoms with van der Waals surface area (Å²) in [5.41, 5.74) is 2.15. The second kappa shape index (κ2) is 8.87. The van der Waals surface area contributed by atoms with E-state index in [-0.39, 0.29) is 11.8 Å². The quantitative estimate of drug-likeness (QED) is 0.704. The van der Waals surface area contributed by atoms with Crippen LogP contribution in [0.1, 0.15) is 46.0 Å². The number of aromatic nitrogens is 1. The Hall–Kier alpha value is -2.89. The van der Waals surface area contributed by atoms with Gasteiger partial charge >= 0.3 is 0 Å². The Morgan fingerprint density at radius 2 is 1.71 bits per heavy atom. The molecule has 0 aliphatic heterocycles. The molecule has 6 heteroatoms. The van der Waals surface area contributed by atoms with Gasteiger partial charge in [0.15, 0.2) is 0 Å². The zero-order valence-corrected chi connectivity index (χ0v) is 16.7. The highest BCUT2D eigenvalue weighted by Gasteiger charge is 2.22. The summed E-state index contributed by atoms with van der Waals surface area (Å²) in [7, 11) is 3.45. The first-order chi connectivity index (χ1) is 13.5. The van der Waals surface area contributed by atoms with E-state index in [0.29, 0.717) is 42.6 Å². The number of hydrogen-bond acceptors (Lipinski definition) is 4. The maximum absolute atomic E-state index is 12.8. The third-order valence-corrected chi connectivity index (χ3v) is 4.80. The molecule has 1 aliphatic carbocycles. The fraction of sp³-hybridized carbons (Fsp3) is 0.409. The van der Waals surface area contributed by atoms with Gasteiger partial charge in [-0.1, -0.05) is 12.1 Å². The van der Waals surface area contributed by atoms with E-state index in [1.807, 2.05) is 19.1 Å². The predicted octanol–water partition coefficient (Wildman–Crippen LogP) is 3.23. The largest absolute Gasteiger partial charge is 0.477 e. The molecule has 6 nitrogen and oxygen atoms in total. The van der Waals surface area contributed by atoms with Gasteiger partial charge in [-0.15, -0.1) is 0 Å². The summed E-state index contributed by atoms with van der Waals surface area (Å²) >= 11 is 0. The van der Waals surface area contributed by atoms with Crippen molar-refractivity contribution in [2.45, 2.75) is 26.3 Å². The third-order valence-electron chi connectivity index (χ3n) is 4.80. The maximum atomic E-state index is 12.8. The summed E-state index contributed by atoms with van der Waals surface area (Å²) in [4.78, 5) is 32.4. The first-order valence-corrected chi connectivity index (χ1v) is 9.66. The molecule has 28 heavy (non-hydrogen) atoms. The molecule has 0 bridgehead atoms. The fourth-order valence-electron chi connectivity index (χ4n) is 2.82. The van der Waals surface area contributed by atoms with Crippen LogP contribution in [0.25, 0.3) is 0 Å². The third kappa shape index (κ3) is 5.09. The molecule has 0 atom stereocenters. The van der Waals surface area contributed by atoms with Crippen LogP contribution in [0.4, 0.5) is 0 Å².